The third kappa shape index (κ3) is 3.35. The van der Waals surface area contributed by atoms with Gasteiger partial charge in [-0.15, -0.1) is 0 Å². The summed E-state index contributed by atoms with van der Waals surface area (Å²) in [5.41, 5.74) is 1.19. The Hall–Kier alpha value is -1.98. The number of hydrogen-bond acceptors (Lipinski definition) is 4. The van der Waals surface area contributed by atoms with Gasteiger partial charge in [-0.2, -0.15) is 5.10 Å². The molecule has 1 aromatic heterocycles. The van der Waals surface area contributed by atoms with E-state index >= 15 is 0 Å². The summed E-state index contributed by atoms with van der Waals surface area (Å²) in [5, 5.41) is 15.8. The van der Waals surface area contributed by atoms with Crippen molar-refractivity contribution >= 4 is 0 Å². The molecule has 1 N–H and O–H groups in total. The summed E-state index contributed by atoms with van der Waals surface area (Å²) in [4.78, 5) is 6.34. The Balaban J connectivity index is 1.89. The zero-order chi connectivity index (χ0) is 16.3. The second-order valence-electron chi connectivity index (χ2n) is 6.35. The van der Waals surface area contributed by atoms with E-state index in [1.54, 1.807) is 11.0 Å². The van der Waals surface area contributed by atoms with E-state index in [4.69, 9.17) is 0 Å². The van der Waals surface area contributed by atoms with Crippen molar-refractivity contribution in [3.05, 3.63) is 60.7 Å². The average molecular weight is 312 g/mol. The maximum Gasteiger partial charge on any atom is 0.137 e. The summed E-state index contributed by atoms with van der Waals surface area (Å²) in [6.07, 6.45) is 5.15. The second kappa shape index (κ2) is 6.64. The van der Waals surface area contributed by atoms with Crippen LogP contribution in [0.15, 0.2) is 55.1 Å². The zero-order valence-corrected chi connectivity index (χ0v) is 13.6. The smallest absolute Gasteiger partial charge is 0.137 e. The molecule has 122 valence electrons. The molecule has 1 aliphatic rings. The van der Waals surface area contributed by atoms with Crippen LogP contribution in [0.4, 0.5) is 0 Å². The molecule has 1 aliphatic heterocycles. The Labute approximate surface area is 137 Å². The summed E-state index contributed by atoms with van der Waals surface area (Å²) < 4.78 is 1.70. The van der Waals surface area contributed by atoms with E-state index in [0.717, 1.165) is 31.5 Å². The summed E-state index contributed by atoms with van der Waals surface area (Å²) >= 11 is 0. The number of aromatic nitrogens is 3. The first-order valence-corrected chi connectivity index (χ1v) is 8.10. The molecule has 0 radical (unpaired) electrons. The van der Waals surface area contributed by atoms with Crippen LogP contribution < -0.4 is 0 Å². The maximum atomic E-state index is 11.6. The molecule has 0 spiro atoms. The normalized spacial score (nSPS) is 20.2. The summed E-state index contributed by atoms with van der Waals surface area (Å²) in [7, 11) is 0. The van der Waals surface area contributed by atoms with Gasteiger partial charge in [-0.05, 0) is 25.3 Å². The molecule has 0 unspecified atom stereocenters. The van der Waals surface area contributed by atoms with E-state index in [-0.39, 0.29) is 6.04 Å². The molecule has 1 saturated heterocycles. The second-order valence-corrected chi connectivity index (χ2v) is 6.35. The SMILES string of the molecule is C=C1CCN([C@H](C)[C@@](O)(Cn2cncn2)c2ccccc2)CC1. The van der Waals surface area contributed by atoms with E-state index in [9.17, 15) is 5.11 Å². The van der Waals surface area contributed by atoms with Crippen LogP contribution in [0.3, 0.4) is 0 Å². The Kier molecular flexibility index (Phi) is 4.59. The van der Waals surface area contributed by atoms with E-state index in [0.29, 0.717) is 6.54 Å². The van der Waals surface area contributed by atoms with Crippen molar-refractivity contribution in [2.24, 2.45) is 0 Å². The molecule has 5 nitrogen and oxygen atoms in total. The lowest BCUT2D eigenvalue weighted by Gasteiger charge is -2.43. The fourth-order valence-electron chi connectivity index (χ4n) is 3.28. The topological polar surface area (TPSA) is 54.2 Å². The van der Waals surface area contributed by atoms with E-state index in [1.807, 2.05) is 30.3 Å². The first kappa shape index (κ1) is 15.9. The monoisotopic (exact) mass is 312 g/mol. The van der Waals surface area contributed by atoms with Crippen LogP contribution in [0.25, 0.3) is 0 Å². The van der Waals surface area contributed by atoms with Crippen LogP contribution in [-0.2, 0) is 12.1 Å². The first-order chi connectivity index (χ1) is 11.1. The number of benzene rings is 1. The average Bonchev–Trinajstić information content (AvgIpc) is 3.08. The van der Waals surface area contributed by atoms with Gasteiger partial charge >= 0.3 is 0 Å². The van der Waals surface area contributed by atoms with Gasteiger partial charge in [-0.1, -0.05) is 42.5 Å². The lowest BCUT2D eigenvalue weighted by Crippen LogP contribution is -2.53. The first-order valence-electron chi connectivity index (χ1n) is 8.10. The number of nitrogens with zero attached hydrogens (tertiary/aromatic N) is 4. The number of rotatable bonds is 5. The Bertz CT molecular complexity index is 630. The van der Waals surface area contributed by atoms with Gasteiger partial charge in [-0.3, -0.25) is 4.90 Å². The quantitative estimate of drug-likeness (QED) is 0.860. The lowest BCUT2D eigenvalue weighted by molar-refractivity contribution is -0.0634. The molecule has 0 saturated carbocycles. The van der Waals surface area contributed by atoms with Crippen molar-refractivity contribution in [2.45, 2.75) is 38.0 Å². The largest absolute Gasteiger partial charge is 0.382 e. The zero-order valence-electron chi connectivity index (χ0n) is 13.6. The Morgan fingerprint density at radius 2 is 1.96 bits per heavy atom. The third-order valence-corrected chi connectivity index (χ3v) is 4.89. The van der Waals surface area contributed by atoms with Crippen molar-refractivity contribution in [1.29, 1.82) is 0 Å². The van der Waals surface area contributed by atoms with Gasteiger partial charge < -0.3 is 5.11 Å². The van der Waals surface area contributed by atoms with Crippen molar-refractivity contribution in [2.75, 3.05) is 13.1 Å². The van der Waals surface area contributed by atoms with Crippen molar-refractivity contribution in [3.8, 4) is 0 Å². The number of hydrogen-bond donors (Lipinski definition) is 1. The van der Waals surface area contributed by atoms with Gasteiger partial charge in [0.2, 0.25) is 0 Å². The van der Waals surface area contributed by atoms with Gasteiger partial charge in [-0.25, -0.2) is 9.67 Å². The van der Waals surface area contributed by atoms with Crippen LogP contribution in [0, 0.1) is 0 Å². The molecule has 1 aromatic carbocycles. The highest BCUT2D eigenvalue weighted by molar-refractivity contribution is 5.24. The van der Waals surface area contributed by atoms with E-state index in [1.165, 1.54) is 11.9 Å². The lowest BCUT2D eigenvalue weighted by atomic mass is 9.85. The van der Waals surface area contributed by atoms with Crippen molar-refractivity contribution in [1.82, 2.24) is 19.7 Å². The molecule has 0 aliphatic carbocycles. The predicted octanol–water partition coefficient (Wildman–Crippen LogP) is 2.21. The minimum atomic E-state index is -1.02. The van der Waals surface area contributed by atoms with Gasteiger partial charge in [0.25, 0.3) is 0 Å². The fraction of sp³-hybridized carbons (Fsp3) is 0.444. The molecule has 23 heavy (non-hydrogen) atoms. The minimum Gasteiger partial charge on any atom is -0.382 e. The highest BCUT2D eigenvalue weighted by Gasteiger charge is 2.40. The molecule has 3 rings (SSSR count). The van der Waals surface area contributed by atoms with E-state index in [2.05, 4.69) is 28.5 Å². The summed E-state index contributed by atoms with van der Waals surface area (Å²) in [6, 6.07) is 9.84. The van der Waals surface area contributed by atoms with Gasteiger partial charge in [0.15, 0.2) is 0 Å². The Morgan fingerprint density at radius 3 is 2.57 bits per heavy atom. The molecule has 0 amide bonds. The van der Waals surface area contributed by atoms with Crippen LogP contribution in [0.1, 0.15) is 25.3 Å². The van der Waals surface area contributed by atoms with Crippen LogP contribution >= 0.6 is 0 Å². The Morgan fingerprint density at radius 1 is 1.26 bits per heavy atom. The van der Waals surface area contributed by atoms with Gasteiger partial charge in [0, 0.05) is 19.1 Å². The third-order valence-electron chi connectivity index (χ3n) is 4.89. The van der Waals surface area contributed by atoms with E-state index < -0.39 is 5.60 Å². The standard InChI is InChI=1S/C18H24N4O/c1-15-8-10-21(11-9-15)16(2)18(23,12-22-14-19-13-20-22)17-6-4-3-5-7-17/h3-7,13-14,16,23H,1,8-12H2,2H3/t16-,18+/m1/s1. The molecular formula is C18H24N4O. The van der Waals surface area contributed by atoms with Crippen molar-refractivity contribution in [3.63, 3.8) is 0 Å². The highest BCUT2D eigenvalue weighted by Crippen LogP contribution is 2.32. The number of likely N-dealkylation sites (tertiary alicyclic amines) is 1. The fourth-order valence-corrected chi connectivity index (χ4v) is 3.28. The summed E-state index contributed by atoms with van der Waals surface area (Å²) in [5.74, 6) is 0. The van der Waals surface area contributed by atoms with Crippen LogP contribution in [0.5, 0.6) is 0 Å². The highest BCUT2D eigenvalue weighted by atomic mass is 16.3. The van der Waals surface area contributed by atoms with Crippen LogP contribution in [-0.4, -0.2) is 43.9 Å². The molecule has 1 fully saturated rings. The predicted molar refractivity (Wildman–Crippen MR) is 89.8 cm³/mol. The molecule has 0 bridgehead atoms. The molecule has 2 heterocycles. The minimum absolute atomic E-state index is 0.0257. The molecule has 2 aromatic rings. The van der Waals surface area contributed by atoms with Gasteiger partial charge in [0.1, 0.15) is 18.3 Å². The van der Waals surface area contributed by atoms with Crippen molar-refractivity contribution < 1.29 is 5.11 Å². The molecule has 5 heteroatoms. The number of piperidine rings is 1. The van der Waals surface area contributed by atoms with Crippen LogP contribution in [0.2, 0.25) is 0 Å². The summed E-state index contributed by atoms with van der Waals surface area (Å²) in [6.45, 7) is 8.43. The number of aliphatic hydroxyl groups is 1. The maximum absolute atomic E-state index is 11.6. The van der Waals surface area contributed by atoms with Gasteiger partial charge in [0.05, 0.1) is 6.54 Å². The molecular weight excluding hydrogens is 288 g/mol. The molecule has 2 atom stereocenters.